The summed E-state index contributed by atoms with van der Waals surface area (Å²) in [6.07, 6.45) is 19.2. The Bertz CT molecular complexity index is 244. The van der Waals surface area contributed by atoms with Crippen LogP contribution in [0.2, 0.25) is 0 Å². The Morgan fingerprint density at radius 1 is 0.857 bits per heavy atom. The summed E-state index contributed by atoms with van der Waals surface area (Å²) in [4.78, 5) is 2.59. The van der Waals surface area contributed by atoms with Gasteiger partial charge in [0.1, 0.15) is 0 Å². The van der Waals surface area contributed by atoms with Gasteiger partial charge in [-0.25, -0.2) is 0 Å². The van der Waals surface area contributed by atoms with Gasteiger partial charge in [0.15, 0.2) is 0 Å². The molecule has 3 heteroatoms. The molecule has 21 heavy (non-hydrogen) atoms. The Hall–Kier alpha value is 0.740. The number of nitrogens with zero attached hydrogens (tertiary/aromatic N) is 1. The SMILES string of the molecule is CSCCN(C)CCP(C1CCCCC1)C1CCCCC1. The highest BCUT2D eigenvalue weighted by Crippen LogP contribution is 2.55. The third-order valence-electron chi connectivity index (χ3n) is 5.50. The van der Waals surface area contributed by atoms with Crippen LogP contribution in [0.5, 0.6) is 0 Å². The molecule has 0 heterocycles. The van der Waals surface area contributed by atoms with E-state index in [4.69, 9.17) is 0 Å². The maximum Gasteiger partial charge on any atom is 0.00693 e. The molecule has 2 rings (SSSR count). The maximum absolute atomic E-state index is 2.59. The van der Waals surface area contributed by atoms with Crippen LogP contribution in [-0.4, -0.2) is 54.5 Å². The second-order valence-electron chi connectivity index (χ2n) is 7.12. The fourth-order valence-corrected chi connectivity index (χ4v) is 8.58. The molecular formula is C18H36NPS. The molecule has 2 saturated carbocycles. The lowest BCUT2D eigenvalue weighted by Crippen LogP contribution is -2.28. The Labute approximate surface area is 138 Å². The number of hydrogen-bond donors (Lipinski definition) is 0. The number of rotatable bonds is 8. The molecule has 0 bridgehead atoms. The van der Waals surface area contributed by atoms with Crippen molar-refractivity contribution in [3.05, 3.63) is 0 Å². The van der Waals surface area contributed by atoms with Crippen molar-refractivity contribution in [2.45, 2.75) is 75.5 Å². The summed E-state index contributed by atoms with van der Waals surface area (Å²) in [5.74, 6) is 1.29. The molecule has 0 aliphatic heterocycles. The molecule has 0 aromatic carbocycles. The highest BCUT2D eigenvalue weighted by Gasteiger charge is 2.30. The average Bonchev–Trinajstić information content (AvgIpc) is 2.55. The lowest BCUT2D eigenvalue weighted by Gasteiger charge is -2.39. The summed E-state index contributed by atoms with van der Waals surface area (Å²) in [6.45, 7) is 2.64. The Morgan fingerprint density at radius 2 is 1.38 bits per heavy atom. The van der Waals surface area contributed by atoms with Gasteiger partial charge in [-0.2, -0.15) is 11.8 Å². The van der Waals surface area contributed by atoms with E-state index in [0.29, 0.717) is 7.92 Å². The van der Waals surface area contributed by atoms with Crippen molar-refractivity contribution in [2.75, 3.05) is 38.3 Å². The van der Waals surface area contributed by atoms with E-state index in [1.165, 1.54) is 63.5 Å². The van der Waals surface area contributed by atoms with Crippen LogP contribution in [0.3, 0.4) is 0 Å². The zero-order valence-corrected chi connectivity index (χ0v) is 16.1. The van der Waals surface area contributed by atoms with E-state index in [1.807, 2.05) is 11.8 Å². The summed E-state index contributed by atoms with van der Waals surface area (Å²) in [6, 6.07) is 0. The average molecular weight is 330 g/mol. The molecule has 0 unspecified atom stereocenters. The van der Waals surface area contributed by atoms with Gasteiger partial charge in [-0.15, -0.1) is 0 Å². The van der Waals surface area contributed by atoms with Crippen molar-refractivity contribution in [1.29, 1.82) is 0 Å². The third kappa shape index (κ3) is 6.40. The van der Waals surface area contributed by atoms with Crippen molar-refractivity contribution >= 4 is 19.7 Å². The summed E-state index contributed by atoms with van der Waals surface area (Å²) >= 11 is 1.98. The van der Waals surface area contributed by atoms with Crippen LogP contribution in [0.1, 0.15) is 64.2 Å². The molecule has 0 aromatic heterocycles. The largest absolute Gasteiger partial charge is 0.305 e. The van der Waals surface area contributed by atoms with Gasteiger partial charge < -0.3 is 4.90 Å². The first-order valence-corrected chi connectivity index (χ1v) is 12.3. The van der Waals surface area contributed by atoms with E-state index in [-0.39, 0.29) is 0 Å². The molecule has 124 valence electrons. The predicted octanol–water partition coefficient (Wildman–Crippen LogP) is 5.43. The topological polar surface area (TPSA) is 3.24 Å². The minimum absolute atomic E-state index is 0.307. The maximum atomic E-state index is 2.59. The van der Waals surface area contributed by atoms with Crippen molar-refractivity contribution in [3.63, 3.8) is 0 Å². The zero-order valence-electron chi connectivity index (χ0n) is 14.4. The highest BCUT2D eigenvalue weighted by molar-refractivity contribution is 7.98. The highest BCUT2D eigenvalue weighted by atomic mass is 32.2. The van der Waals surface area contributed by atoms with Crippen molar-refractivity contribution in [2.24, 2.45) is 0 Å². The van der Waals surface area contributed by atoms with E-state index in [9.17, 15) is 0 Å². The minimum Gasteiger partial charge on any atom is -0.305 e. The lowest BCUT2D eigenvalue weighted by molar-refractivity contribution is 0.377. The fraction of sp³-hybridized carbons (Fsp3) is 1.00. The van der Waals surface area contributed by atoms with Gasteiger partial charge in [0.2, 0.25) is 0 Å². The van der Waals surface area contributed by atoms with E-state index in [0.717, 1.165) is 11.3 Å². The van der Waals surface area contributed by atoms with Crippen molar-refractivity contribution in [3.8, 4) is 0 Å². The van der Waals surface area contributed by atoms with Crippen LogP contribution in [0.25, 0.3) is 0 Å². The van der Waals surface area contributed by atoms with Crippen molar-refractivity contribution < 1.29 is 0 Å². The quantitative estimate of drug-likeness (QED) is 0.546. The summed E-state index contributed by atoms with van der Waals surface area (Å²) in [7, 11) is 2.65. The van der Waals surface area contributed by atoms with Gasteiger partial charge in [-0.05, 0) is 56.5 Å². The second-order valence-corrected chi connectivity index (χ2v) is 11.0. The van der Waals surface area contributed by atoms with E-state index in [1.54, 1.807) is 25.7 Å². The second kappa shape index (κ2) is 10.5. The number of hydrogen-bond acceptors (Lipinski definition) is 2. The molecule has 2 aliphatic rings. The molecule has 2 aliphatic carbocycles. The molecule has 0 amide bonds. The van der Waals surface area contributed by atoms with Crippen LogP contribution in [-0.2, 0) is 0 Å². The van der Waals surface area contributed by atoms with Gasteiger partial charge in [-0.3, -0.25) is 0 Å². The molecule has 0 radical (unpaired) electrons. The van der Waals surface area contributed by atoms with Crippen LogP contribution >= 0.6 is 19.7 Å². The molecule has 0 spiro atoms. The monoisotopic (exact) mass is 329 g/mol. The molecule has 0 aromatic rings. The first-order valence-electron chi connectivity index (χ1n) is 9.24. The van der Waals surface area contributed by atoms with E-state index >= 15 is 0 Å². The normalized spacial score (nSPS) is 22.3. The first kappa shape index (κ1) is 18.1. The standard InChI is InChI=1S/C18H36NPS/c1-19(14-16-21-2)13-15-20(17-9-5-3-6-10-17)18-11-7-4-8-12-18/h17-18H,3-16H2,1-2H3. The van der Waals surface area contributed by atoms with E-state index < -0.39 is 0 Å². The van der Waals surface area contributed by atoms with Crippen molar-refractivity contribution in [1.82, 2.24) is 4.90 Å². The molecular weight excluding hydrogens is 293 g/mol. The van der Waals surface area contributed by atoms with Crippen LogP contribution in [0, 0.1) is 0 Å². The molecule has 0 saturated heterocycles. The Kier molecular flexibility index (Phi) is 9.04. The van der Waals surface area contributed by atoms with Gasteiger partial charge >= 0.3 is 0 Å². The number of thioether (sulfide) groups is 1. The van der Waals surface area contributed by atoms with Gasteiger partial charge in [0.25, 0.3) is 0 Å². The predicted molar refractivity (Wildman–Crippen MR) is 101 cm³/mol. The third-order valence-corrected chi connectivity index (χ3v) is 9.72. The van der Waals surface area contributed by atoms with Gasteiger partial charge in [-0.1, -0.05) is 46.4 Å². The molecule has 2 fully saturated rings. The summed E-state index contributed by atoms with van der Waals surface area (Å²) in [5.41, 5.74) is 2.26. The van der Waals surface area contributed by atoms with Crippen LogP contribution in [0.15, 0.2) is 0 Å². The van der Waals surface area contributed by atoms with Gasteiger partial charge in [0, 0.05) is 18.8 Å². The lowest BCUT2D eigenvalue weighted by atomic mass is 9.99. The van der Waals surface area contributed by atoms with Crippen LogP contribution < -0.4 is 0 Å². The van der Waals surface area contributed by atoms with E-state index in [2.05, 4.69) is 18.2 Å². The fourth-order valence-electron chi connectivity index (χ4n) is 4.13. The Morgan fingerprint density at radius 3 is 1.86 bits per heavy atom. The molecule has 0 atom stereocenters. The molecule has 0 N–H and O–H groups in total. The summed E-state index contributed by atoms with van der Waals surface area (Å²) in [5, 5.41) is 0. The minimum atomic E-state index is 0.307. The molecule has 1 nitrogen and oxygen atoms in total. The first-order chi connectivity index (χ1) is 10.3. The zero-order chi connectivity index (χ0) is 14.9. The Balaban J connectivity index is 1.84. The smallest absolute Gasteiger partial charge is 0.00693 e. The van der Waals surface area contributed by atoms with Crippen LogP contribution in [0.4, 0.5) is 0 Å². The van der Waals surface area contributed by atoms with Gasteiger partial charge in [0.05, 0.1) is 0 Å². The summed E-state index contributed by atoms with van der Waals surface area (Å²) < 4.78 is 0.